The maximum absolute atomic E-state index is 13.1. The molecule has 0 unspecified atom stereocenters. The summed E-state index contributed by atoms with van der Waals surface area (Å²) in [7, 11) is 0. The molecule has 0 bridgehead atoms. The average molecular weight is 299 g/mol. The van der Waals surface area contributed by atoms with E-state index in [2.05, 4.69) is 15.9 Å². The number of rotatable bonds is 3. The molecule has 0 heterocycles. The fraction of sp³-hybridized carbons (Fsp3) is 0.400. The average Bonchev–Trinajstić information content (AvgIpc) is 2.11. The first-order valence-corrected chi connectivity index (χ1v) is 5.29. The summed E-state index contributed by atoms with van der Waals surface area (Å²) in [4.78, 5) is 0. The largest absolute Gasteiger partial charge is 0.505 e. The predicted molar refractivity (Wildman–Crippen MR) is 64.8 cm³/mol. The summed E-state index contributed by atoms with van der Waals surface area (Å²) in [6, 6.07) is 2.56. The van der Waals surface area contributed by atoms with Gasteiger partial charge in [-0.05, 0) is 18.6 Å². The Kier molecular flexibility index (Phi) is 6.17. The molecule has 0 saturated heterocycles. The van der Waals surface area contributed by atoms with Crippen LogP contribution in [0.15, 0.2) is 16.6 Å². The number of aromatic hydroxyl groups is 1. The molecule has 0 fully saturated rings. The van der Waals surface area contributed by atoms with Crippen LogP contribution >= 0.6 is 28.3 Å². The molecule has 1 rings (SSSR count). The maximum Gasteiger partial charge on any atom is 0.166 e. The lowest BCUT2D eigenvalue weighted by molar-refractivity contribution is 0.418. The van der Waals surface area contributed by atoms with E-state index in [9.17, 15) is 9.50 Å². The Bertz CT molecular complexity index is 335. The molecular weight excluding hydrogens is 284 g/mol. The van der Waals surface area contributed by atoms with Crippen LogP contribution in [-0.2, 0) is 0 Å². The standard InChI is InChI=1S/C10H13BrFNO.ClH/c1-2-3-9(13)7-4-6(11)5-8(12)10(7)14;/h4-5,9,14H,2-3,13H2,1H3;1H/t9-;/m0./s1. The molecule has 0 saturated carbocycles. The molecule has 0 aliphatic carbocycles. The van der Waals surface area contributed by atoms with E-state index in [1.807, 2.05) is 6.92 Å². The van der Waals surface area contributed by atoms with E-state index in [-0.39, 0.29) is 24.2 Å². The lowest BCUT2D eigenvalue weighted by atomic mass is 10.0. The van der Waals surface area contributed by atoms with Gasteiger partial charge in [0.25, 0.3) is 0 Å². The second kappa shape index (κ2) is 6.30. The van der Waals surface area contributed by atoms with Crippen molar-refractivity contribution in [2.24, 2.45) is 5.73 Å². The molecule has 86 valence electrons. The van der Waals surface area contributed by atoms with Crippen LogP contribution in [-0.4, -0.2) is 5.11 Å². The topological polar surface area (TPSA) is 46.2 Å². The highest BCUT2D eigenvalue weighted by Crippen LogP contribution is 2.31. The Hall–Kier alpha value is -0.320. The van der Waals surface area contributed by atoms with Gasteiger partial charge in [-0.25, -0.2) is 4.39 Å². The Morgan fingerprint density at radius 2 is 2.13 bits per heavy atom. The number of phenols is 1. The first kappa shape index (κ1) is 14.7. The number of hydrogen-bond donors (Lipinski definition) is 2. The zero-order chi connectivity index (χ0) is 10.7. The van der Waals surface area contributed by atoms with E-state index in [4.69, 9.17) is 5.73 Å². The molecule has 0 spiro atoms. The highest BCUT2D eigenvalue weighted by atomic mass is 79.9. The van der Waals surface area contributed by atoms with Gasteiger partial charge in [0.15, 0.2) is 11.6 Å². The van der Waals surface area contributed by atoms with E-state index in [0.29, 0.717) is 10.0 Å². The second-order valence-corrected chi connectivity index (χ2v) is 4.14. The molecule has 0 aliphatic heterocycles. The van der Waals surface area contributed by atoms with Crippen LogP contribution in [0.25, 0.3) is 0 Å². The van der Waals surface area contributed by atoms with Gasteiger partial charge in [-0.15, -0.1) is 12.4 Å². The second-order valence-electron chi connectivity index (χ2n) is 3.22. The van der Waals surface area contributed by atoms with Gasteiger partial charge >= 0.3 is 0 Å². The van der Waals surface area contributed by atoms with E-state index < -0.39 is 5.82 Å². The summed E-state index contributed by atoms with van der Waals surface area (Å²) in [5.41, 5.74) is 6.25. The van der Waals surface area contributed by atoms with Crippen LogP contribution < -0.4 is 5.73 Å². The quantitative estimate of drug-likeness (QED) is 0.897. The molecule has 5 heteroatoms. The fourth-order valence-corrected chi connectivity index (χ4v) is 1.78. The van der Waals surface area contributed by atoms with Gasteiger partial charge in [-0.1, -0.05) is 29.3 Å². The summed E-state index contributed by atoms with van der Waals surface area (Å²) < 4.78 is 13.7. The summed E-state index contributed by atoms with van der Waals surface area (Å²) in [5, 5.41) is 9.44. The Labute approximate surface area is 103 Å². The van der Waals surface area contributed by atoms with Crippen molar-refractivity contribution >= 4 is 28.3 Å². The molecule has 0 amide bonds. The number of benzene rings is 1. The Balaban J connectivity index is 0.00000196. The van der Waals surface area contributed by atoms with Gasteiger partial charge in [-0.2, -0.15) is 0 Å². The zero-order valence-corrected chi connectivity index (χ0v) is 10.7. The van der Waals surface area contributed by atoms with Crippen molar-refractivity contribution < 1.29 is 9.50 Å². The molecule has 2 nitrogen and oxygen atoms in total. The van der Waals surface area contributed by atoms with Crippen molar-refractivity contribution in [3.63, 3.8) is 0 Å². The van der Waals surface area contributed by atoms with Crippen LogP contribution in [0, 0.1) is 5.82 Å². The van der Waals surface area contributed by atoms with Gasteiger partial charge < -0.3 is 10.8 Å². The normalized spacial score (nSPS) is 12.0. The van der Waals surface area contributed by atoms with Crippen LogP contribution in [0.4, 0.5) is 4.39 Å². The van der Waals surface area contributed by atoms with Crippen molar-refractivity contribution in [2.45, 2.75) is 25.8 Å². The minimum atomic E-state index is -0.638. The summed E-state index contributed by atoms with van der Waals surface area (Å²) in [5.74, 6) is -0.977. The first-order valence-electron chi connectivity index (χ1n) is 4.49. The molecule has 3 N–H and O–H groups in total. The zero-order valence-electron chi connectivity index (χ0n) is 8.34. The third-order valence-electron chi connectivity index (χ3n) is 2.06. The smallest absolute Gasteiger partial charge is 0.166 e. The third kappa shape index (κ3) is 3.63. The molecule has 0 aromatic heterocycles. The monoisotopic (exact) mass is 297 g/mol. The molecule has 1 atom stereocenters. The molecule has 1 aromatic rings. The number of phenolic OH excluding ortho intramolecular Hbond substituents is 1. The van der Waals surface area contributed by atoms with Crippen LogP contribution in [0.2, 0.25) is 0 Å². The van der Waals surface area contributed by atoms with E-state index in [1.54, 1.807) is 6.07 Å². The Morgan fingerprint density at radius 1 is 1.53 bits per heavy atom. The van der Waals surface area contributed by atoms with Crippen molar-refractivity contribution in [1.29, 1.82) is 0 Å². The van der Waals surface area contributed by atoms with Crippen molar-refractivity contribution in [2.75, 3.05) is 0 Å². The summed E-state index contributed by atoms with van der Waals surface area (Å²) in [6.45, 7) is 1.99. The van der Waals surface area contributed by atoms with Crippen LogP contribution in [0.3, 0.4) is 0 Å². The molecular formula is C10H14BrClFNO. The fourth-order valence-electron chi connectivity index (χ4n) is 1.34. The number of nitrogens with two attached hydrogens (primary N) is 1. The highest BCUT2D eigenvalue weighted by molar-refractivity contribution is 9.10. The van der Waals surface area contributed by atoms with Gasteiger partial charge in [-0.3, -0.25) is 0 Å². The van der Waals surface area contributed by atoms with Crippen molar-refractivity contribution in [3.8, 4) is 5.75 Å². The molecule has 15 heavy (non-hydrogen) atoms. The minimum Gasteiger partial charge on any atom is -0.505 e. The first-order chi connectivity index (χ1) is 6.56. The van der Waals surface area contributed by atoms with E-state index in [0.717, 1.165) is 12.8 Å². The number of hydrogen-bond acceptors (Lipinski definition) is 2. The SMILES string of the molecule is CCC[C@H](N)c1cc(Br)cc(F)c1O.Cl. The van der Waals surface area contributed by atoms with Gasteiger partial charge in [0.05, 0.1) is 0 Å². The highest BCUT2D eigenvalue weighted by Gasteiger charge is 2.14. The van der Waals surface area contributed by atoms with E-state index >= 15 is 0 Å². The van der Waals surface area contributed by atoms with Gasteiger partial charge in [0.1, 0.15) is 0 Å². The van der Waals surface area contributed by atoms with Crippen molar-refractivity contribution in [3.05, 3.63) is 28.0 Å². The lowest BCUT2D eigenvalue weighted by Crippen LogP contribution is -2.10. The molecule has 0 aliphatic rings. The lowest BCUT2D eigenvalue weighted by Gasteiger charge is -2.13. The predicted octanol–water partition coefficient (Wildman–Crippen LogP) is 3.52. The summed E-state index contributed by atoms with van der Waals surface area (Å²) in [6.07, 6.45) is 1.62. The molecule has 1 aromatic carbocycles. The minimum absolute atomic E-state index is 0. The van der Waals surface area contributed by atoms with Gasteiger partial charge in [0.2, 0.25) is 0 Å². The Morgan fingerprint density at radius 3 is 2.67 bits per heavy atom. The van der Waals surface area contributed by atoms with E-state index in [1.165, 1.54) is 6.07 Å². The third-order valence-corrected chi connectivity index (χ3v) is 2.51. The maximum atomic E-state index is 13.1. The van der Waals surface area contributed by atoms with Gasteiger partial charge in [0, 0.05) is 16.1 Å². The van der Waals surface area contributed by atoms with Crippen LogP contribution in [0.1, 0.15) is 31.4 Å². The van der Waals surface area contributed by atoms with Crippen LogP contribution in [0.5, 0.6) is 5.75 Å². The molecule has 0 radical (unpaired) electrons. The number of halogens is 3. The summed E-state index contributed by atoms with van der Waals surface area (Å²) >= 11 is 3.16. The van der Waals surface area contributed by atoms with Crippen molar-refractivity contribution in [1.82, 2.24) is 0 Å².